The van der Waals surface area contributed by atoms with Crippen molar-refractivity contribution in [1.82, 2.24) is 5.32 Å². The number of ether oxygens (including phenoxy) is 2. The van der Waals surface area contributed by atoms with Crippen LogP contribution < -0.4 is 19.7 Å². The normalized spacial score (nSPS) is 9.67. The van der Waals surface area contributed by atoms with E-state index in [4.69, 9.17) is 9.47 Å². The first kappa shape index (κ1) is 16.6. The molecule has 0 saturated carbocycles. The number of rotatable bonds is 7. The summed E-state index contributed by atoms with van der Waals surface area (Å²) in [7, 11) is 3.04. The average molecular weight is 292 g/mol. The number of nitrogens with zero attached hydrogens (tertiary/aromatic N) is 1. The molecule has 1 aromatic carbocycles. The van der Waals surface area contributed by atoms with Crippen molar-refractivity contribution in [2.45, 2.75) is 6.92 Å². The second kappa shape index (κ2) is 7.94. The van der Waals surface area contributed by atoms with Crippen LogP contribution in [0.4, 0.5) is 5.69 Å². The third-order valence-corrected chi connectivity index (χ3v) is 2.80. The van der Waals surface area contributed by atoms with Gasteiger partial charge in [0.15, 0.2) is 11.5 Å². The first-order valence-corrected chi connectivity index (χ1v) is 6.41. The SMILES string of the molecule is C=CCNC(=O)CN(C(C)=O)c1ccc(OC)c(OC)c1. The monoisotopic (exact) mass is 292 g/mol. The Morgan fingerprint density at radius 1 is 1.29 bits per heavy atom. The van der Waals surface area contributed by atoms with E-state index in [1.807, 2.05) is 0 Å². The molecule has 0 aliphatic heterocycles. The number of anilines is 1. The molecule has 0 atom stereocenters. The van der Waals surface area contributed by atoms with Gasteiger partial charge in [0.05, 0.1) is 14.2 Å². The molecule has 0 unspecified atom stereocenters. The predicted molar refractivity (Wildman–Crippen MR) is 80.8 cm³/mol. The van der Waals surface area contributed by atoms with Gasteiger partial charge in [-0.15, -0.1) is 6.58 Å². The Balaban J connectivity index is 2.98. The highest BCUT2D eigenvalue weighted by atomic mass is 16.5. The Morgan fingerprint density at radius 2 is 1.95 bits per heavy atom. The maximum atomic E-state index is 11.8. The molecule has 0 heterocycles. The van der Waals surface area contributed by atoms with Gasteiger partial charge in [0.25, 0.3) is 0 Å². The number of hydrogen-bond acceptors (Lipinski definition) is 4. The number of benzene rings is 1. The average Bonchev–Trinajstić information content (AvgIpc) is 2.49. The third-order valence-electron chi connectivity index (χ3n) is 2.80. The van der Waals surface area contributed by atoms with Crippen molar-refractivity contribution in [3.8, 4) is 11.5 Å². The predicted octanol–water partition coefficient (Wildman–Crippen LogP) is 1.36. The van der Waals surface area contributed by atoms with E-state index in [1.54, 1.807) is 24.3 Å². The van der Waals surface area contributed by atoms with Crippen LogP contribution in [0.1, 0.15) is 6.92 Å². The van der Waals surface area contributed by atoms with Crippen LogP contribution in [-0.4, -0.2) is 39.1 Å². The summed E-state index contributed by atoms with van der Waals surface area (Å²) in [6.07, 6.45) is 1.58. The molecule has 0 saturated heterocycles. The van der Waals surface area contributed by atoms with Gasteiger partial charge in [0.2, 0.25) is 11.8 Å². The maximum Gasteiger partial charge on any atom is 0.240 e. The number of carbonyl (C=O) groups is 2. The zero-order valence-corrected chi connectivity index (χ0v) is 12.5. The Kier molecular flexibility index (Phi) is 6.26. The van der Waals surface area contributed by atoms with Gasteiger partial charge < -0.3 is 19.7 Å². The molecular formula is C15H20N2O4. The van der Waals surface area contributed by atoms with E-state index in [2.05, 4.69) is 11.9 Å². The van der Waals surface area contributed by atoms with Crippen LogP contribution in [0.15, 0.2) is 30.9 Å². The van der Waals surface area contributed by atoms with Crippen LogP contribution in [0.25, 0.3) is 0 Å². The highest BCUT2D eigenvalue weighted by Crippen LogP contribution is 2.31. The molecule has 6 heteroatoms. The Labute approximate surface area is 124 Å². The fourth-order valence-electron chi connectivity index (χ4n) is 1.76. The lowest BCUT2D eigenvalue weighted by Gasteiger charge is -2.21. The highest BCUT2D eigenvalue weighted by molar-refractivity contribution is 5.97. The molecule has 0 aliphatic rings. The van der Waals surface area contributed by atoms with E-state index >= 15 is 0 Å². The zero-order valence-electron chi connectivity index (χ0n) is 12.5. The smallest absolute Gasteiger partial charge is 0.240 e. The van der Waals surface area contributed by atoms with Gasteiger partial charge in [-0.05, 0) is 12.1 Å². The summed E-state index contributed by atoms with van der Waals surface area (Å²) in [5.41, 5.74) is 0.564. The number of methoxy groups -OCH3 is 2. The van der Waals surface area contributed by atoms with E-state index in [-0.39, 0.29) is 18.4 Å². The van der Waals surface area contributed by atoms with E-state index in [1.165, 1.54) is 26.0 Å². The maximum absolute atomic E-state index is 11.8. The highest BCUT2D eigenvalue weighted by Gasteiger charge is 2.17. The van der Waals surface area contributed by atoms with Gasteiger partial charge in [-0.2, -0.15) is 0 Å². The molecule has 6 nitrogen and oxygen atoms in total. The minimum absolute atomic E-state index is 0.0708. The minimum atomic E-state index is -0.264. The van der Waals surface area contributed by atoms with Crippen molar-refractivity contribution in [2.24, 2.45) is 0 Å². The fraction of sp³-hybridized carbons (Fsp3) is 0.333. The summed E-state index contributed by atoms with van der Waals surface area (Å²) in [5, 5.41) is 2.63. The number of hydrogen-bond donors (Lipinski definition) is 1. The standard InChI is InChI=1S/C15H20N2O4/c1-5-8-16-15(19)10-17(11(2)18)12-6-7-13(20-3)14(9-12)21-4/h5-7,9H,1,8,10H2,2-4H3,(H,16,19). The molecule has 0 aromatic heterocycles. The summed E-state index contributed by atoms with van der Waals surface area (Å²) in [4.78, 5) is 24.9. The molecule has 2 amide bonds. The van der Waals surface area contributed by atoms with Crippen molar-refractivity contribution in [3.05, 3.63) is 30.9 Å². The first-order chi connectivity index (χ1) is 10.0. The molecule has 0 bridgehead atoms. The second-order valence-corrected chi connectivity index (χ2v) is 4.24. The molecular weight excluding hydrogens is 272 g/mol. The molecule has 0 radical (unpaired) electrons. The van der Waals surface area contributed by atoms with Crippen molar-refractivity contribution in [2.75, 3.05) is 32.2 Å². The third kappa shape index (κ3) is 4.52. The van der Waals surface area contributed by atoms with Crippen LogP contribution in [0.3, 0.4) is 0 Å². The molecule has 21 heavy (non-hydrogen) atoms. The second-order valence-electron chi connectivity index (χ2n) is 4.24. The van der Waals surface area contributed by atoms with Gasteiger partial charge in [0.1, 0.15) is 6.54 Å². The lowest BCUT2D eigenvalue weighted by Crippen LogP contribution is -2.39. The van der Waals surface area contributed by atoms with Crippen LogP contribution in [0.5, 0.6) is 11.5 Å². The number of nitrogens with one attached hydrogen (secondary N) is 1. The summed E-state index contributed by atoms with van der Waals surface area (Å²) in [6, 6.07) is 5.04. The largest absolute Gasteiger partial charge is 0.493 e. The van der Waals surface area contributed by atoms with E-state index in [0.717, 1.165) is 0 Å². The van der Waals surface area contributed by atoms with Crippen LogP contribution in [0, 0.1) is 0 Å². The Bertz CT molecular complexity index is 528. The quantitative estimate of drug-likeness (QED) is 0.771. The van der Waals surface area contributed by atoms with E-state index in [9.17, 15) is 9.59 Å². The number of amides is 2. The summed E-state index contributed by atoms with van der Waals surface area (Å²) < 4.78 is 10.3. The fourth-order valence-corrected chi connectivity index (χ4v) is 1.76. The molecule has 1 rings (SSSR count). The topological polar surface area (TPSA) is 67.9 Å². The molecule has 0 spiro atoms. The summed E-state index contributed by atoms with van der Waals surface area (Å²) >= 11 is 0. The lowest BCUT2D eigenvalue weighted by atomic mass is 10.2. The number of carbonyl (C=O) groups excluding carboxylic acids is 2. The zero-order chi connectivity index (χ0) is 15.8. The van der Waals surface area contributed by atoms with E-state index < -0.39 is 0 Å². The van der Waals surface area contributed by atoms with Crippen molar-refractivity contribution in [3.63, 3.8) is 0 Å². The van der Waals surface area contributed by atoms with Crippen LogP contribution >= 0.6 is 0 Å². The van der Waals surface area contributed by atoms with Crippen molar-refractivity contribution in [1.29, 1.82) is 0 Å². The van der Waals surface area contributed by atoms with Crippen molar-refractivity contribution < 1.29 is 19.1 Å². The van der Waals surface area contributed by atoms with Gasteiger partial charge >= 0.3 is 0 Å². The van der Waals surface area contributed by atoms with Crippen molar-refractivity contribution >= 4 is 17.5 Å². The van der Waals surface area contributed by atoms with Gasteiger partial charge in [-0.3, -0.25) is 9.59 Å². The molecule has 1 N–H and O–H groups in total. The van der Waals surface area contributed by atoms with Crippen LogP contribution in [-0.2, 0) is 9.59 Å². The van der Waals surface area contributed by atoms with Gasteiger partial charge in [-0.1, -0.05) is 6.08 Å². The van der Waals surface area contributed by atoms with Gasteiger partial charge in [0, 0.05) is 25.2 Å². The van der Waals surface area contributed by atoms with Gasteiger partial charge in [-0.25, -0.2) is 0 Å². The molecule has 114 valence electrons. The molecule has 0 aliphatic carbocycles. The Hall–Kier alpha value is -2.50. The minimum Gasteiger partial charge on any atom is -0.493 e. The lowest BCUT2D eigenvalue weighted by molar-refractivity contribution is -0.122. The molecule has 0 fully saturated rings. The summed E-state index contributed by atoms with van der Waals surface area (Å²) in [5.74, 6) is 0.546. The summed E-state index contributed by atoms with van der Waals surface area (Å²) in [6.45, 7) is 5.21. The Morgan fingerprint density at radius 3 is 2.48 bits per heavy atom. The first-order valence-electron chi connectivity index (χ1n) is 6.41. The molecule has 1 aromatic rings. The van der Waals surface area contributed by atoms with E-state index in [0.29, 0.717) is 23.7 Å². The van der Waals surface area contributed by atoms with Crippen LogP contribution in [0.2, 0.25) is 0 Å².